The minimum absolute atomic E-state index is 0. The third kappa shape index (κ3) is 10.5. The molecule has 0 aliphatic rings. The first kappa shape index (κ1) is 14.1. The molecule has 70 valence electrons. The summed E-state index contributed by atoms with van der Waals surface area (Å²) in [6.45, 7) is -1.15. The average Bonchev–Trinajstić information content (AvgIpc) is 1.81. The Kier molecular flexibility index (Phi) is 7.83. The Morgan fingerprint density at radius 2 is 1.91 bits per heavy atom. The molecule has 0 amide bonds. The Morgan fingerprint density at radius 3 is 2.18 bits per heavy atom. The van der Waals surface area contributed by atoms with Crippen LogP contribution in [0.25, 0.3) is 0 Å². The predicted octanol–water partition coefficient (Wildman–Crippen LogP) is -1.55. The van der Waals surface area contributed by atoms with E-state index in [-0.39, 0.29) is 17.1 Å². The number of aliphatic hydroxyl groups is 2. The van der Waals surface area contributed by atoms with Crippen LogP contribution in [0, 0.1) is 0 Å². The maximum Gasteiger partial charge on any atom is 0.469 e. The van der Waals surface area contributed by atoms with E-state index in [1.54, 1.807) is 0 Å². The Labute approximate surface area is 73.9 Å². The molecule has 0 aromatic rings. The molecule has 4 N–H and O–H groups in total. The van der Waals surface area contributed by atoms with Crippen molar-refractivity contribution in [1.82, 2.24) is 0 Å². The van der Waals surface area contributed by atoms with Crippen molar-refractivity contribution in [1.29, 1.82) is 0 Å². The van der Waals surface area contributed by atoms with Gasteiger partial charge in [0.25, 0.3) is 0 Å². The van der Waals surface area contributed by atoms with Crippen molar-refractivity contribution in [2.24, 2.45) is 0 Å². The van der Waals surface area contributed by atoms with Gasteiger partial charge in [-0.3, -0.25) is 4.52 Å². The van der Waals surface area contributed by atoms with E-state index in [1.165, 1.54) is 0 Å². The van der Waals surface area contributed by atoms with E-state index in [0.717, 1.165) is 0 Å². The quantitative estimate of drug-likeness (QED) is 0.342. The molecule has 0 saturated carbocycles. The predicted molar refractivity (Wildman–Crippen MR) is 31.1 cm³/mol. The minimum atomic E-state index is -4.50. The van der Waals surface area contributed by atoms with Gasteiger partial charge in [0.2, 0.25) is 0 Å². The summed E-state index contributed by atoms with van der Waals surface area (Å²) < 4.78 is 13.8. The topological polar surface area (TPSA) is 107 Å². The molecule has 6 nitrogen and oxygen atoms in total. The van der Waals surface area contributed by atoms with E-state index in [0.29, 0.717) is 0 Å². The standard InChI is InChI=1S/C3H9O6P.Fe/c4-1-3(5)2-9-10(6,7)8;/h3-5H,1-2H2,(H2,6,7,8);. The third-order valence-electron chi connectivity index (χ3n) is 0.646. The van der Waals surface area contributed by atoms with Gasteiger partial charge in [-0.1, -0.05) is 0 Å². The maximum atomic E-state index is 9.93. The zero-order valence-corrected chi connectivity index (χ0v) is 7.40. The van der Waals surface area contributed by atoms with Crippen molar-refractivity contribution in [3.8, 4) is 0 Å². The molecule has 0 aliphatic carbocycles. The Morgan fingerprint density at radius 1 is 1.45 bits per heavy atom. The summed E-state index contributed by atoms with van der Waals surface area (Å²) in [5.41, 5.74) is 0. The van der Waals surface area contributed by atoms with Gasteiger partial charge in [-0.25, -0.2) is 4.57 Å². The van der Waals surface area contributed by atoms with Crippen molar-refractivity contribution in [2.45, 2.75) is 6.10 Å². The van der Waals surface area contributed by atoms with Gasteiger partial charge in [0.1, 0.15) is 6.10 Å². The van der Waals surface area contributed by atoms with Gasteiger partial charge in [-0.05, 0) is 0 Å². The molecule has 0 rings (SSSR count). The van der Waals surface area contributed by atoms with Gasteiger partial charge in [0.15, 0.2) is 0 Å². The van der Waals surface area contributed by atoms with Gasteiger partial charge < -0.3 is 20.0 Å². The first-order valence-corrected chi connectivity index (χ1v) is 3.98. The molecule has 8 heteroatoms. The summed E-state index contributed by atoms with van der Waals surface area (Å²) in [6, 6.07) is 0. The largest absolute Gasteiger partial charge is 0.469 e. The van der Waals surface area contributed by atoms with E-state index in [4.69, 9.17) is 20.0 Å². The van der Waals surface area contributed by atoms with Gasteiger partial charge in [-0.15, -0.1) is 0 Å². The molecule has 0 aliphatic heterocycles. The summed E-state index contributed by atoms with van der Waals surface area (Å²) in [5, 5.41) is 16.7. The number of hydrogen-bond acceptors (Lipinski definition) is 4. The molecule has 0 spiro atoms. The molecule has 0 saturated heterocycles. The zero-order valence-electron chi connectivity index (χ0n) is 5.40. The van der Waals surface area contributed by atoms with Crippen molar-refractivity contribution in [3.63, 3.8) is 0 Å². The van der Waals surface area contributed by atoms with Crippen LogP contribution in [-0.4, -0.2) is 39.3 Å². The molecular formula is C3H9FeO6P. The fourth-order valence-corrected chi connectivity index (χ4v) is 0.602. The summed E-state index contributed by atoms with van der Waals surface area (Å²) in [7, 11) is -4.50. The van der Waals surface area contributed by atoms with Crippen LogP contribution in [0.15, 0.2) is 0 Å². The SMILES string of the molecule is O=P(O)(O)OCC(O)CO.[Fe]. The first-order valence-electron chi connectivity index (χ1n) is 2.44. The van der Waals surface area contributed by atoms with Crippen LogP contribution >= 0.6 is 7.82 Å². The summed E-state index contributed by atoms with van der Waals surface area (Å²) >= 11 is 0. The molecule has 1 atom stereocenters. The van der Waals surface area contributed by atoms with Crippen molar-refractivity contribution >= 4 is 7.82 Å². The van der Waals surface area contributed by atoms with Gasteiger partial charge in [0, 0.05) is 17.1 Å². The number of rotatable bonds is 4. The molecule has 0 aromatic carbocycles. The van der Waals surface area contributed by atoms with E-state index < -0.39 is 27.1 Å². The second-order valence-corrected chi connectivity index (χ2v) is 2.86. The van der Waals surface area contributed by atoms with Gasteiger partial charge >= 0.3 is 7.82 Å². The number of aliphatic hydroxyl groups excluding tert-OH is 2. The second kappa shape index (κ2) is 6.11. The van der Waals surface area contributed by atoms with Crippen LogP contribution in [0.3, 0.4) is 0 Å². The van der Waals surface area contributed by atoms with Gasteiger partial charge in [0.05, 0.1) is 13.2 Å². The fourth-order valence-electron chi connectivity index (χ4n) is 0.236. The molecule has 0 aromatic heterocycles. The molecule has 1 unspecified atom stereocenters. The summed E-state index contributed by atoms with van der Waals surface area (Å²) in [4.78, 5) is 16.1. The summed E-state index contributed by atoms with van der Waals surface area (Å²) in [5.74, 6) is 0. The van der Waals surface area contributed by atoms with Crippen LogP contribution < -0.4 is 0 Å². The maximum absolute atomic E-state index is 9.93. The smallest absolute Gasteiger partial charge is 0.394 e. The van der Waals surface area contributed by atoms with E-state index in [1.807, 2.05) is 0 Å². The van der Waals surface area contributed by atoms with Crippen molar-refractivity contribution < 1.29 is 46.2 Å². The minimum Gasteiger partial charge on any atom is -0.394 e. The third-order valence-corrected chi connectivity index (χ3v) is 1.13. The molecule has 0 radical (unpaired) electrons. The second-order valence-electron chi connectivity index (χ2n) is 1.62. The van der Waals surface area contributed by atoms with Crippen molar-refractivity contribution in [2.75, 3.05) is 13.2 Å². The Bertz CT molecular complexity index is 134. The monoisotopic (exact) mass is 228 g/mol. The van der Waals surface area contributed by atoms with Crippen LogP contribution in [0.5, 0.6) is 0 Å². The Hall–Kier alpha value is 0.549. The molecule has 0 fully saturated rings. The van der Waals surface area contributed by atoms with Gasteiger partial charge in [-0.2, -0.15) is 0 Å². The van der Waals surface area contributed by atoms with Crippen LogP contribution in [0.4, 0.5) is 0 Å². The normalized spacial score (nSPS) is 13.8. The van der Waals surface area contributed by atoms with E-state index in [9.17, 15) is 4.57 Å². The van der Waals surface area contributed by atoms with Crippen molar-refractivity contribution in [3.05, 3.63) is 0 Å². The average molecular weight is 228 g/mol. The summed E-state index contributed by atoms with van der Waals surface area (Å²) in [6.07, 6.45) is -1.24. The number of phosphoric acid groups is 1. The number of hydrogen-bond donors (Lipinski definition) is 4. The van der Waals surface area contributed by atoms with E-state index in [2.05, 4.69) is 4.52 Å². The number of phosphoric ester groups is 1. The van der Waals surface area contributed by atoms with Crippen LogP contribution in [-0.2, 0) is 26.2 Å². The van der Waals surface area contributed by atoms with Crippen LogP contribution in [0.2, 0.25) is 0 Å². The molecular weight excluding hydrogens is 219 g/mol. The Balaban J connectivity index is 0. The molecule has 0 heterocycles. The molecule has 0 bridgehead atoms. The molecule has 11 heavy (non-hydrogen) atoms. The van der Waals surface area contributed by atoms with E-state index >= 15 is 0 Å². The first-order chi connectivity index (χ1) is 4.45. The zero-order chi connectivity index (χ0) is 8.20. The fraction of sp³-hybridized carbons (Fsp3) is 1.00. The van der Waals surface area contributed by atoms with Crippen LogP contribution in [0.1, 0.15) is 0 Å².